The van der Waals surface area contributed by atoms with Crippen LogP contribution in [0.25, 0.3) is 0 Å². The first-order valence-electron chi connectivity index (χ1n) is 19.5. The maximum absolute atomic E-state index is 12.7. The Kier molecular flexibility index (Phi) is 18.7. The van der Waals surface area contributed by atoms with Gasteiger partial charge in [0, 0.05) is 75.5 Å². The molecule has 65 heavy (non-hydrogen) atoms. The average Bonchev–Trinajstić information content (AvgIpc) is 3.19. The minimum Gasteiger partial charge on any atom is -0.479 e. The third kappa shape index (κ3) is 15.5. The molecule has 4 N–H and O–H groups in total. The van der Waals surface area contributed by atoms with Crippen LogP contribution in [-0.2, 0) is 85.8 Å². The number of esters is 6. The zero-order chi connectivity index (χ0) is 48.1. The molecule has 0 radical (unpaired) electrons. The average molecular weight is 951 g/mol. The van der Waals surface area contributed by atoms with E-state index in [2.05, 4.69) is 10.6 Å². The molecule has 2 aromatic carbocycles. The number of carbonyl (C=O) groups excluding carboxylic acids is 8. The number of ether oxygens (including phenoxy) is 8. The van der Waals surface area contributed by atoms with Crippen LogP contribution >= 0.6 is 23.5 Å². The second-order valence-electron chi connectivity index (χ2n) is 14.2. The molecule has 4 rings (SSSR count). The number of carboxylic acids is 2. The Labute approximate surface area is 379 Å². The van der Waals surface area contributed by atoms with Crippen molar-refractivity contribution < 1.29 is 96.1 Å². The van der Waals surface area contributed by atoms with Gasteiger partial charge in [-0.2, -0.15) is 0 Å². The lowest BCUT2D eigenvalue weighted by atomic mass is 9.99. The second-order valence-corrected chi connectivity index (χ2v) is 16.5. The van der Waals surface area contributed by atoms with E-state index in [-0.39, 0.29) is 19.3 Å². The van der Waals surface area contributed by atoms with Gasteiger partial charge in [-0.1, -0.05) is 23.5 Å². The highest BCUT2D eigenvalue weighted by Gasteiger charge is 2.56. The van der Waals surface area contributed by atoms with Gasteiger partial charge in [0.1, 0.15) is 10.9 Å². The quantitative estimate of drug-likeness (QED) is 0.123. The van der Waals surface area contributed by atoms with Crippen LogP contribution in [0.1, 0.15) is 60.8 Å². The molecule has 24 heteroatoms. The number of carbonyl (C=O) groups is 10. The number of rotatable bonds is 18. The summed E-state index contributed by atoms with van der Waals surface area (Å²) in [4.78, 5) is 122. The van der Waals surface area contributed by atoms with Gasteiger partial charge in [0.2, 0.25) is 11.8 Å². The SMILES string of the molecule is CC(=O)O[C@@H]1[C@@H](OC(C)=O)[C@H](Sc2ccc(NC(=O)CCCC(=O)Nc3ccc(S[C@@H]4O[C@H](C(=O)O)[C@@H](OC(C)=O)[C@H](OC(C)=O)[C@H]4OC(C)=O)cc3)cc2)O[C@H](C(=O)O)[C@H]1OC(C)=O. The summed E-state index contributed by atoms with van der Waals surface area (Å²) in [6.45, 7) is 6.31. The molecule has 0 unspecified atom stereocenters. The van der Waals surface area contributed by atoms with Gasteiger partial charge in [-0.15, -0.1) is 0 Å². The van der Waals surface area contributed by atoms with Crippen molar-refractivity contribution in [3.63, 3.8) is 0 Å². The number of carboxylic acid groups (broad SMARTS) is 2. The minimum atomic E-state index is -1.79. The lowest BCUT2D eigenvalue weighted by Crippen LogP contribution is -2.62. The molecule has 0 saturated carbocycles. The van der Waals surface area contributed by atoms with Gasteiger partial charge in [0.25, 0.3) is 0 Å². The van der Waals surface area contributed by atoms with Crippen LogP contribution < -0.4 is 10.6 Å². The monoisotopic (exact) mass is 950 g/mol. The van der Waals surface area contributed by atoms with Gasteiger partial charge in [-0.05, 0) is 55.0 Å². The number of amides is 2. The Balaban J connectivity index is 1.32. The largest absolute Gasteiger partial charge is 0.479 e. The molecule has 0 aliphatic carbocycles. The molecule has 2 aromatic rings. The van der Waals surface area contributed by atoms with Gasteiger partial charge in [-0.3, -0.25) is 38.4 Å². The third-order valence-electron chi connectivity index (χ3n) is 8.88. The van der Waals surface area contributed by atoms with Gasteiger partial charge >= 0.3 is 47.8 Å². The Morgan fingerprint density at radius 3 is 1.02 bits per heavy atom. The van der Waals surface area contributed by atoms with Crippen LogP contribution in [0.15, 0.2) is 58.3 Å². The van der Waals surface area contributed by atoms with Gasteiger partial charge < -0.3 is 58.7 Å². The normalized spacial score (nSPS) is 24.8. The second kappa shape index (κ2) is 23.6. The van der Waals surface area contributed by atoms with Crippen molar-refractivity contribution in [2.45, 2.75) is 130 Å². The fourth-order valence-corrected chi connectivity index (χ4v) is 8.66. The minimum absolute atomic E-state index is 0.0357. The fourth-order valence-electron chi connectivity index (χ4n) is 6.49. The molecular weight excluding hydrogens is 905 g/mol. The standard InChI is InChI=1S/C41H46N2O20S2/c1-18(44)56-30-32(58-20(3)46)36(60-22(5)48)40(62-34(30)38(52)53)64-26-14-10-24(11-15-26)42-28(50)8-7-9-29(51)43-25-12-16-27(17-13-25)65-41-37(61-23(6)49)33(59-21(4)47)31(57-19(2)45)35(63-41)39(54)55/h10-17,30-37,40-41H,7-9H2,1-6H3,(H,42,50)(H,43,51)(H,52,53)(H,54,55)/t30-,31-,32-,33-,34-,35-,36+,37+,40-,41-/m0/s1. The summed E-state index contributed by atoms with van der Waals surface area (Å²) in [5.41, 5.74) is -1.75. The zero-order valence-electron chi connectivity index (χ0n) is 35.6. The van der Waals surface area contributed by atoms with Gasteiger partial charge in [0.05, 0.1) is 0 Å². The predicted octanol–water partition coefficient (Wildman–Crippen LogP) is 2.83. The summed E-state index contributed by atoms with van der Waals surface area (Å²) in [5.74, 6) is -8.98. The van der Waals surface area contributed by atoms with Crippen molar-refractivity contribution >= 4 is 94.5 Å². The summed E-state index contributed by atoms with van der Waals surface area (Å²) >= 11 is 1.85. The van der Waals surface area contributed by atoms with Crippen molar-refractivity contribution in [1.29, 1.82) is 0 Å². The summed E-state index contributed by atoms with van der Waals surface area (Å²) in [6, 6.07) is 12.4. The van der Waals surface area contributed by atoms with Crippen molar-refractivity contribution in [2.75, 3.05) is 10.6 Å². The van der Waals surface area contributed by atoms with E-state index < -0.39 is 119 Å². The molecule has 2 saturated heterocycles. The Morgan fingerprint density at radius 2 is 0.738 bits per heavy atom. The van der Waals surface area contributed by atoms with Crippen LogP contribution in [-0.4, -0.2) is 129 Å². The number of thioether (sulfide) groups is 2. The number of hydrogen-bond acceptors (Lipinski definition) is 20. The van der Waals surface area contributed by atoms with Crippen LogP contribution in [0.5, 0.6) is 0 Å². The van der Waals surface area contributed by atoms with E-state index in [0.29, 0.717) is 21.2 Å². The van der Waals surface area contributed by atoms with Crippen LogP contribution in [0.2, 0.25) is 0 Å². The lowest BCUT2D eigenvalue weighted by Gasteiger charge is -2.42. The number of anilines is 2. The third-order valence-corrected chi connectivity index (χ3v) is 11.2. The first kappa shape index (κ1) is 51.4. The highest BCUT2D eigenvalue weighted by Crippen LogP contribution is 2.39. The maximum Gasteiger partial charge on any atom is 0.336 e. The van der Waals surface area contributed by atoms with Crippen molar-refractivity contribution in [3.05, 3.63) is 48.5 Å². The summed E-state index contributed by atoms with van der Waals surface area (Å²) in [7, 11) is 0. The molecule has 0 spiro atoms. The van der Waals surface area contributed by atoms with Gasteiger partial charge in [0.15, 0.2) is 48.8 Å². The van der Waals surface area contributed by atoms with Crippen LogP contribution in [0, 0.1) is 0 Å². The number of benzene rings is 2. The van der Waals surface area contributed by atoms with E-state index in [1.165, 1.54) is 24.3 Å². The molecule has 10 atom stereocenters. The van der Waals surface area contributed by atoms with E-state index >= 15 is 0 Å². The lowest BCUT2D eigenvalue weighted by molar-refractivity contribution is -0.234. The van der Waals surface area contributed by atoms with Crippen molar-refractivity contribution in [3.8, 4) is 0 Å². The molecule has 2 fully saturated rings. The molecule has 2 heterocycles. The molecule has 0 aromatic heterocycles. The number of aliphatic carboxylic acids is 2. The topological polar surface area (TPSA) is 309 Å². The predicted molar refractivity (Wildman–Crippen MR) is 222 cm³/mol. The smallest absolute Gasteiger partial charge is 0.336 e. The summed E-state index contributed by atoms with van der Waals surface area (Å²) in [6.07, 6.45) is -12.6. The first-order valence-corrected chi connectivity index (χ1v) is 21.3. The molecule has 2 aliphatic heterocycles. The van der Waals surface area contributed by atoms with E-state index in [1.54, 1.807) is 24.3 Å². The highest BCUT2D eigenvalue weighted by atomic mass is 32.2. The maximum atomic E-state index is 12.7. The fraction of sp³-hybridized carbons (Fsp3) is 0.463. The van der Waals surface area contributed by atoms with E-state index in [0.717, 1.165) is 65.1 Å². The molecule has 0 bridgehead atoms. The molecule has 2 amide bonds. The Morgan fingerprint density at radius 1 is 0.462 bits per heavy atom. The van der Waals surface area contributed by atoms with Crippen molar-refractivity contribution in [2.24, 2.45) is 0 Å². The number of nitrogens with one attached hydrogen (secondary N) is 2. The molecule has 2 aliphatic rings. The summed E-state index contributed by atoms with van der Waals surface area (Å²) < 4.78 is 43.1. The molecule has 352 valence electrons. The highest BCUT2D eigenvalue weighted by molar-refractivity contribution is 8.00. The summed E-state index contributed by atoms with van der Waals surface area (Å²) in [5, 5.41) is 25.1. The van der Waals surface area contributed by atoms with E-state index in [4.69, 9.17) is 37.9 Å². The van der Waals surface area contributed by atoms with E-state index in [1.807, 2.05) is 0 Å². The van der Waals surface area contributed by atoms with Gasteiger partial charge in [-0.25, -0.2) is 9.59 Å². The van der Waals surface area contributed by atoms with E-state index in [9.17, 15) is 58.2 Å². The molecule has 22 nitrogen and oxygen atoms in total. The zero-order valence-corrected chi connectivity index (χ0v) is 37.2. The Bertz CT molecular complexity index is 1970. The van der Waals surface area contributed by atoms with Crippen LogP contribution in [0.3, 0.4) is 0 Å². The first-order chi connectivity index (χ1) is 30.6. The van der Waals surface area contributed by atoms with Crippen molar-refractivity contribution in [1.82, 2.24) is 0 Å². The Hall–Kier alpha value is -6.24. The molecular formula is C41H46N2O20S2. The van der Waals surface area contributed by atoms with Crippen LogP contribution in [0.4, 0.5) is 11.4 Å². The number of hydrogen-bond donors (Lipinski definition) is 4.